The van der Waals surface area contributed by atoms with Crippen LogP contribution in [0.25, 0.3) is 0 Å². The van der Waals surface area contributed by atoms with E-state index in [4.69, 9.17) is 4.74 Å². The average Bonchev–Trinajstić information content (AvgIpc) is 2.75. The summed E-state index contributed by atoms with van der Waals surface area (Å²) in [5.74, 6) is 1.12. The molecule has 0 aromatic heterocycles. The largest absolute Gasteiger partial charge is 0.443 e. The molecule has 7 heteroatoms. The Balaban J connectivity index is 1.69. The van der Waals surface area contributed by atoms with Gasteiger partial charge in [0.25, 0.3) is 0 Å². The molecular weight excluding hydrogens is 418 g/mol. The molecule has 3 aliphatic rings. The molecule has 1 saturated carbocycles. The highest BCUT2D eigenvalue weighted by atomic mass is 16.6. The highest BCUT2D eigenvalue weighted by molar-refractivity contribution is 6.00. The Hall–Kier alpha value is -1.79. The average molecular weight is 464 g/mol. The number of nitrogens with zero attached hydrogens (tertiary/aromatic N) is 2. The molecule has 1 N–H and O–H groups in total. The molecule has 33 heavy (non-hydrogen) atoms. The van der Waals surface area contributed by atoms with Gasteiger partial charge in [-0.05, 0) is 63.7 Å². The summed E-state index contributed by atoms with van der Waals surface area (Å²) < 4.78 is 6.16. The molecule has 1 unspecified atom stereocenters. The monoisotopic (exact) mass is 463 g/mol. The Labute approximate surface area is 200 Å². The maximum absolute atomic E-state index is 13.3. The smallest absolute Gasteiger partial charge is 0.410 e. The summed E-state index contributed by atoms with van der Waals surface area (Å²) in [4.78, 5) is 43.3. The number of piperidine rings is 1. The van der Waals surface area contributed by atoms with Gasteiger partial charge in [0, 0.05) is 25.6 Å². The van der Waals surface area contributed by atoms with Crippen molar-refractivity contribution in [1.29, 1.82) is 0 Å². The first kappa shape index (κ1) is 25.8. The van der Waals surface area contributed by atoms with E-state index in [0.29, 0.717) is 56.7 Å². The van der Waals surface area contributed by atoms with Gasteiger partial charge >= 0.3 is 6.09 Å². The maximum Gasteiger partial charge on any atom is 0.410 e. The molecule has 0 radical (unpaired) electrons. The Kier molecular flexibility index (Phi) is 8.00. The van der Waals surface area contributed by atoms with Gasteiger partial charge in [0.05, 0.1) is 0 Å². The molecule has 2 saturated heterocycles. The van der Waals surface area contributed by atoms with Gasteiger partial charge in [-0.3, -0.25) is 9.59 Å². The second-order valence-electron chi connectivity index (χ2n) is 11.4. The van der Waals surface area contributed by atoms with Crippen LogP contribution in [0.5, 0.6) is 0 Å². The molecular formula is C26H45N3O4. The molecule has 3 fully saturated rings. The molecule has 1 aliphatic carbocycles. The number of ether oxygens (including phenoxy) is 1. The topological polar surface area (TPSA) is 79.0 Å². The number of rotatable bonds is 6. The minimum Gasteiger partial charge on any atom is -0.443 e. The molecule has 2 heterocycles. The standard InChI is InChI=1S/C26H45N3O4/c1-7-14-29-22(30)21(17-18(2)3)27-23(31)26(29)12-15-28(16-13-26)24(32)33-25(6)11-9-8-10-20(25)19(4)5/h18-21H,7-17H2,1-6H3,(H,27,31)/t20-,21?,25+/m1/s1. The van der Waals surface area contributed by atoms with E-state index in [2.05, 4.69) is 39.9 Å². The Morgan fingerprint density at radius 1 is 1.12 bits per heavy atom. The summed E-state index contributed by atoms with van der Waals surface area (Å²) in [5.41, 5.74) is -1.29. The molecule has 0 aromatic rings. The first-order valence-electron chi connectivity index (χ1n) is 13.1. The summed E-state index contributed by atoms with van der Waals surface area (Å²) in [6, 6.07) is -0.447. The van der Waals surface area contributed by atoms with Crippen molar-refractivity contribution >= 4 is 17.9 Å². The lowest BCUT2D eigenvalue weighted by molar-refractivity contribution is -0.161. The van der Waals surface area contributed by atoms with Crippen LogP contribution in [0.1, 0.15) is 92.9 Å². The fourth-order valence-corrected chi connectivity index (χ4v) is 6.37. The van der Waals surface area contributed by atoms with E-state index in [-0.39, 0.29) is 17.9 Å². The van der Waals surface area contributed by atoms with E-state index in [1.165, 1.54) is 6.42 Å². The van der Waals surface area contributed by atoms with E-state index in [0.717, 1.165) is 25.7 Å². The van der Waals surface area contributed by atoms with Crippen molar-refractivity contribution < 1.29 is 19.1 Å². The second-order valence-corrected chi connectivity index (χ2v) is 11.4. The van der Waals surface area contributed by atoms with Crippen LogP contribution >= 0.6 is 0 Å². The summed E-state index contributed by atoms with van der Waals surface area (Å²) in [6.45, 7) is 14.1. The highest BCUT2D eigenvalue weighted by Gasteiger charge is 2.54. The SMILES string of the molecule is CCCN1C(=O)C(CC(C)C)NC(=O)C12CCN(C(=O)O[C@@]1(C)CCCC[C@@H]1C(C)C)CC2. The van der Waals surface area contributed by atoms with Crippen LogP contribution < -0.4 is 5.32 Å². The molecule has 7 nitrogen and oxygen atoms in total. The zero-order chi connectivity index (χ0) is 24.4. The number of hydrogen-bond donors (Lipinski definition) is 1. The molecule has 0 bridgehead atoms. The van der Waals surface area contributed by atoms with Crippen LogP contribution in [0, 0.1) is 17.8 Å². The molecule has 0 aromatic carbocycles. The number of hydrogen-bond acceptors (Lipinski definition) is 4. The lowest BCUT2D eigenvalue weighted by Gasteiger charge is -2.52. The highest BCUT2D eigenvalue weighted by Crippen LogP contribution is 2.42. The first-order valence-corrected chi connectivity index (χ1v) is 13.1. The van der Waals surface area contributed by atoms with E-state index in [1.54, 1.807) is 4.90 Å². The van der Waals surface area contributed by atoms with Crippen molar-refractivity contribution in [3.8, 4) is 0 Å². The van der Waals surface area contributed by atoms with Crippen LogP contribution in [-0.4, -0.2) is 64.5 Å². The number of piperazine rings is 1. The molecule has 3 amide bonds. The van der Waals surface area contributed by atoms with Crippen molar-refractivity contribution in [2.75, 3.05) is 19.6 Å². The summed E-state index contributed by atoms with van der Waals surface area (Å²) >= 11 is 0. The minimum atomic E-state index is -0.855. The van der Waals surface area contributed by atoms with Gasteiger partial charge in [-0.15, -0.1) is 0 Å². The van der Waals surface area contributed by atoms with Gasteiger partial charge in [0.1, 0.15) is 17.2 Å². The fourth-order valence-electron chi connectivity index (χ4n) is 6.37. The van der Waals surface area contributed by atoms with Gasteiger partial charge in [-0.25, -0.2) is 4.79 Å². The molecule has 1 spiro atoms. The number of likely N-dealkylation sites (tertiary alicyclic amines) is 1. The van der Waals surface area contributed by atoms with Crippen molar-refractivity contribution in [1.82, 2.24) is 15.1 Å². The molecule has 2 aliphatic heterocycles. The Morgan fingerprint density at radius 3 is 2.36 bits per heavy atom. The number of carbonyl (C=O) groups excluding carboxylic acids is 3. The maximum atomic E-state index is 13.3. The third-order valence-corrected chi connectivity index (χ3v) is 8.16. The van der Waals surface area contributed by atoms with Gasteiger partial charge in [-0.1, -0.05) is 41.0 Å². The first-order chi connectivity index (χ1) is 15.5. The molecule has 188 valence electrons. The van der Waals surface area contributed by atoms with Crippen LogP contribution in [0.4, 0.5) is 4.79 Å². The van der Waals surface area contributed by atoms with E-state index >= 15 is 0 Å². The number of amides is 3. The van der Waals surface area contributed by atoms with Gasteiger partial charge in [0.15, 0.2) is 0 Å². The quantitative estimate of drug-likeness (QED) is 0.635. The van der Waals surface area contributed by atoms with E-state index < -0.39 is 17.2 Å². The fraction of sp³-hybridized carbons (Fsp3) is 0.885. The molecule has 3 atom stereocenters. The summed E-state index contributed by atoms with van der Waals surface area (Å²) in [5, 5.41) is 3.02. The minimum absolute atomic E-state index is 0.0238. The van der Waals surface area contributed by atoms with Gasteiger partial charge in [-0.2, -0.15) is 0 Å². The van der Waals surface area contributed by atoms with Crippen LogP contribution in [0.15, 0.2) is 0 Å². The van der Waals surface area contributed by atoms with E-state index in [1.807, 2.05) is 11.8 Å². The lowest BCUT2D eigenvalue weighted by Crippen LogP contribution is -2.73. The van der Waals surface area contributed by atoms with Crippen molar-refractivity contribution in [2.24, 2.45) is 17.8 Å². The number of carbonyl (C=O) groups is 3. The molecule has 3 rings (SSSR count). The summed E-state index contributed by atoms with van der Waals surface area (Å²) in [7, 11) is 0. The normalized spacial score (nSPS) is 30.2. The predicted molar refractivity (Wildman–Crippen MR) is 129 cm³/mol. The second kappa shape index (κ2) is 10.2. The van der Waals surface area contributed by atoms with Crippen LogP contribution in [-0.2, 0) is 14.3 Å². The third-order valence-electron chi connectivity index (χ3n) is 8.16. The third kappa shape index (κ3) is 5.17. The van der Waals surface area contributed by atoms with Gasteiger partial charge < -0.3 is 19.9 Å². The van der Waals surface area contributed by atoms with Gasteiger partial charge in [0.2, 0.25) is 11.8 Å². The summed E-state index contributed by atoms with van der Waals surface area (Å²) in [6.07, 6.45) is 6.36. The van der Waals surface area contributed by atoms with Crippen molar-refractivity contribution in [3.63, 3.8) is 0 Å². The van der Waals surface area contributed by atoms with Crippen molar-refractivity contribution in [2.45, 2.75) is 110 Å². The number of nitrogens with one attached hydrogen (secondary N) is 1. The van der Waals surface area contributed by atoms with Crippen LogP contribution in [0.3, 0.4) is 0 Å². The predicted octanol–water partition coefficient (Wildman–Crippen LogP) is 4.35. The van der Waals surface area contributed by atoms with E-state index in [9.17, 15) is 14.4 Å². The zero-order valence-corrected chi connectivity index (χ0v) is 21.6. The lowest BCUT2D eigenvalue weighted by atomic mass is 9.71. The van der Waals surface area contributed by atoms with Crippen LogP contribution in [0.2, 0.25) is 0 Å². The Morgan fingerprint density at radius 2 is 1.79 bits per heavy atom. The van der Waals surface area contributed by atoms with Crippen molar-refractivity contribution in [3.05, 3.63) is 0 Å². The Bertz CT molecular complexity index is 729. The zero-order valence-electron chi connectivity index (χ0n) is 21.6.